The largest absolute Gasteiger partial charge is 0.298 e. The molecule has 1 saturated carbocycles. The van der Waals surface area contributed by atoms with Crippen molar-refractivity contribution in [2.45, 2.75) is 50.3 Å². The molecule has 2 fully saturated rings. The minimum atomic E-state index is -0.0373. The SMILES string of the molecule is CC1CCN(CC(=O)C2CCC(Cl)C(Cl)C2)CC1C. The standard InChI is InChI=1S/C15H25Cl2NO/c1-10-5-6-18(8-11(10)2)9-15(19)12-3-4-13(16)14(17)7-12/h10-14H,3-9H2,1-2H3. The van der Waals surface area contributed by atoms with E-state index in [9.17, 15) is 4.79 Å². The van der Waals surface area contributed by atoms with Gasteiger partial charge in [0.05, 0.1) is 11.9 Å². The zero-order valence-corrected chi connectivity index (χ0v) is 13.5. The monoisotopic (exact) mass is 305 g/mol. The van der Waals surface area contributed by atoms with E-state index in [1.165, 1.54) is 6.42 Å². The summed E-state index contributed by atoms with van der Waals surface area (Å²) in [4.78, 5) is 14.7. The zero-order valence-electron chi connectivity index (χ0n) is 11.9. The molecule has 0 aromatic rings. The van der Waals surface area contributed by atoms with Gasteiger partial charge < -0.3 is 0 Å². The quantitative estimate of drug-likeness (QED) is 0.743. The number of rotatable bonds is 3. The Morgan fingerprint density at radius 2 is 1.84 bits per heavy atom. The molecule has 19 heavy (non-hydrogen) atoms. The molecule has 4 heteroatoms. The number of hydrogen-bond acceptors (Lipinski definition) is 2. The lowest BCUT2D eigenvalue weighted by Crippen LogP contribution is -2.43. The van der Waals surface area contributed by atoms with Crippen molar-refractivity contribution in [3.05, 3.63) is 0 Å². The Hall–Kier alpha value is 0.210. The highest BCUT2D eigenvalue weighted by atomic mass is 35.5. The summed E-state index contributed by atoms with van der Waals surface area (Å²) >= 11 is 12.3. The van der Waals surface area contributed by atoms with Crippen LogP contribution in [0.1, 0.15) is 39.5 Å². The molecular weight excluding hydrogens is 281 g/mol. The lowest BCUT2D eigenvalue weighted by molar-refractivity contribution is -0.125. The number of Topliss-reactive ketones (excluding diaryl/α,β-unsaturated/α-hetero) is 1. The van der Waals surface area contributed by atoms with Crippen LogP contribution in [0.25, 0.3) is 0 Å². The molecule has 0 aromatic carbocycles. The van der Waals surface area contributed by atoms with E-state index in [0.29, 0.717) is 18.2 Å². The molecule has 5 unspecified atom stereocenters. The van der Waals surface area contributed by atoms with Gasteiger partial charge in [-0.15, -0.1) is 23.2 Å². The first-order valence-electron chi connectivity index (χ1n) is 7.50. The Balaban J connectivity index is 1.81. The Kier molecular flexibility index (Phi) is 5.56. The molecule has 5 atom stereocenters. The molecule has 0 amide bonds. The molecule has 1 heterocycles. The molecule has 2 rings (SSSR count). The highest BCUT2D eigenvalue weighted by molar-refractivity contribution is 6.30. The summed E-state index contributed by atoms with van der Waals surface area (Å²) in [5.41, 5.74) is 0. The highest BCUT2D eigenvalue weighted by Crippen LogP contribution is 2.32. The van der Waals surface area contributed by atoms with Gasteiger partial charge in [0.15, 0.2) is 0 Å². The predicted molar refractivity (Wildman–Crippen MR) is 81.0 cm³/mol. The fourth-order valence-electron chi connectivity index (χ4n) is 3.21. The van der Waals surface area contributed by atoms with Crippen molar-refractivity contribution in [3.8, 4) is 0 Å². The topological polar surface area (TPSA) is 20.3 Å². The molecule has 0 spiro atoms. The maximum atomic E-state index is 12.4. The lowest BCUT2D eigenvalue weighted by atomic mass is 9.84. The second kappa shape index (κ2) is 6.78. The number of carbonyl (C=O) groups excluding carboxylic acids is 1. The normalized spacial score (nSPS) is 41.2. The maximum Gasteiger partial charge on any atom is 0.149 e. The zero-order chi connectivity index (χ0) is 14.0. The van der Waals surface area contributed by atoms with E-state index in [1.54, 1.807) is 0 Å². The number of halogens is 2. The van der Waals surface area contributed by atoms with Gasteiger partial charge in [-0.2, -0.15) is 0 Å². The summed E-state index contributed by atoms with van der Waals surface area (Å²) < 4.78 is 0. The van der Waals surface area contributed by atoms with Crippen LogP contribution in [0.15, 0.2) is 0 Å². The molecule has 2 aliphatic rings. The van der Waals surface area contributed by atoms with E-state index in [-0.39, 0.29) is 16.7 Å². The van der Waals surface area contributed by atoms with Gasteiger partial charge in [0.1, 0.15) is 5.78 Å². The molecule has 0 bridgehead atoms. The van der Waals surface area contributed by atoms with Crippen LogP contribution in [-0.2, 0) is 4.79 Å². The van der Waals surface area contributed by atoms with Crippen molar-refractivity contribution in [3.63, 3.8) is 0 Å². The number of ketones is 1. The van der Waals surface area contributed by atoms with Crippen LogP contribution in [-0.4, -0.2) is 41.1 Å². The maximum absolute atomic E-state index is 12.4. The summed E-state index contributed by atoms with van der Waals surface area (Å²) in [5, 5.41) is 0.00578. The van der Waals surface area contributed by atoms with Gasteiger partial charge in [0, 0.05) is 17.8 Å². The molecular formula is C15H25Cl2NO. The Morgan fingerprint density at radius 1 is 1.11 bits per heavy atom. The smallest absolute Gasteiger partial charge is 0.149 e. The molecule has 0 N–H and O–H groups in total. The van der Waals surface area contributed by atoms with Crippen LogP contribution in [0.2, 0.25) is 0 Å². The van der Waals surface area contributed by atoms with Crippen LogP contribution >= 0.6 is 23.2 Å². The summed E-state index contributed by atoms with van der Waals surface area (Å²) in [6.07, 6.45) is 3.75. The highest BCUT2D eigenvalue weighted by Gasteiger charge is 2.33. The van der Waals surface area contributed by atoms with Crippen LogP contribution in [0.3, 0.4) is 0 Å². The van der Waals surface area contributed by atoms with Crippen molar-refractivity contribution in [2.75, 3.05) is 19.6 Å². The van der Waals surface area contributed by atoms with E-state index < -0.39 is 0 Å². The van der Waals surface area contributed by atoms with Gasteiger partial charge in [-0.25, -0.2) is 0 Å². The average molecular weight is 306 g/mol. The van der Waals surface area contributed by atoms with E-state index >= 15 is 0 Å². The van der Waals surface area contributed by atoms with Gasteiger partial charge >= 0.3 is 0 Å². The summed E-state index contributed by atoms with van der Waals surface area (Å²) in [5.74, 6) is 1.98. The van der Waals surface area contributed by atoms with Gasteiger partial charge in [0.2, 0.25) is 0 Å². The fourth-order valence-corrected chi connectivity index (χ4v) is 3.78. The molecule has 1 saturated heterocycles. The number of piperidine rings is 1. The number of alkyl halides is 2. The van der Waals surface area contributed by atoms with Crippen LogP contribution in [0.4, 0.5) is 0 Å². The van der Waals surface area contributed by atoms with E-state index in [4.69, 9.17) is 23.2 Å². The van der Waals surface area contributed by atoms with Crippen LogP contribution in [0, 0.1) is 17.8 Å². The van der Waals surface area contributed by atoms with E-state index in [1.807, 2.05) is 0 Å². The third kappa shape index (κ3) is 4.09. The molecule has 2 nitrogen and oxygen atoms in total. The second-order valence-electron chi connectivity index (χ2n) is 6.49. The van der Waals surface area contributed by atoms with Crippen molar-refractivity contribution in [1.82, 2.24) is 4.90 Å². The summed E-state index contributed by atoms with van der Waals surface area (Å²) in [7, 11) is 0. The molecule has 110 valence electrons. The van der Waals surface area contributed by atoms with Gasteiger partial charge in [0.25, 0.3) is 0 Å². The number of hydrogen-bond donors (Lipinski definition) is 0. The minimum Gasteiger partial charge on any atom is -0.298 e. The average Bonchev–Trinajstić information content (AvgIpc) is 2.37. The Bertz CT molecular complexity index is 323. The van der Waals surface area contributed by atoms with Crippen LogP contribution in [0.5, 0.6) is 0 Å². The Morgan fingerprint density at radius 3 is 2.47 bits per heavy atom. The predicted octanol–water partition coefficient (Wildman–Crippen LogP) is 3.55. The third-order valence-corrected chi connectivity index (χ3v) is 6.08. The first-order valence-corrected chi connectivity index (χ1v) is 8.38. The van der Waals surface area contributed by atoms with Crippen molar-refractivity contribution < 1.29 is 4.79 Å². The number of nitrogens with zero attached hydrogens (tertiary/aromatic N) is 1. The molecule has 0 radical (unpaired) electrons. The Labute approximate surface area is 126 Å². The van der Waals surface area contributed by atoms with E-state index in [2.05, 4.69) is 18.7 Å². The molecule has 1 aliphatic carbocycles. The summed E-state index contributed by atoms with van der Waals surface area (Å²) in [6, 6.07) is 0. The molecule has 0 aromatic heterocycles. The second-order valence-corrected chi connectivity index (χ2v) is 7.61. The fraction of sp³-hybridized carbons (Fsp3) is 0.933. The number of carbonyl (C=O) groups is 1. The minimum absolute atomic E-state index is 0.0373. The summed E-state index contributed by atoms with van der Waals surface area (Å²) in [6.45, 7) is 7.32. The van der Waals surface area contributed by atoms with Crippen LogP contribution < -0.4 is 0 Å². The van der Waals surface area contributed by atoms with Crippen molar-refractivity contribution in [2.24, 2.45) is 17.8 Å². The van der Waals surface area contributed by atoms with Gasteiger partial charge in [-0.1, -0.05) is 13.8 Å². The van der Waals surface area contributed by atoms with Crippen molar-refractivity contribution >= 4 is 29.0 Å². The van der Waals surface area contributed by atoms with Crippen molar-refractivity contribution in [1.29, 1.82) is 0 Å². The van der Waals surface area contributed by atoms with Gasteiger partial charge in [-0.3, -0.25) is 9.69 Å². The molecule has 1 aliphatic heterocycles. The number of likely N-dealkylation sites (tertiary alicyclic amines) is 1. The first kappa shape index (κ1) is 15.6. The van der Waals surface area contributed by atoms with Gasteiger partial charge in [-0.05, 0) is 44.1 Å². The third-order valence-electron chi connectivity index (χ3n) is 4.95. The lowest BCUT2D eigenvalue weighted by Gasteiger charge is -2.36. The first-order chi connectivity index (χ1) is 8.97. The van der Waals surface area contributed by atoms with E-state index in [0.717, 1.165) is 38.3 Å².